The van der Waals surface area contributed by atoms with Crippen LogP contribution >= 0.6 is 11.3 Å². The quantitative estimate of drug-likeness (QED) is 0.630. The third-order valence-corrected chi connectivity index (χ3v) is 4.15. The Morgan fingerprint density at radius 1 is 1.35 bits per heavy atom. The lowest BCUT2D eigenvalue weighted by atomic mass is 10.2. The maximum absolute atomic E-state index is 5.55. The minimum atomic E-state index is 0.787. The van der Waals surface area contributed by atoms with Crippen LogP contribution in [0.25, 0.3) is 10.7 Å². The van der Waals surface area contributed by atoms with E-state index in [-0.39, 0.29) is 0 Å². The van der Waals surface area contributed by atoms with E-state index in [1.165, 1.54) is 11.1 Å². The number of nitrogens with one attached hydrogen (secondary N) is 1. The fourth-order valence-electron chi connectivity index (χ4n) is 2.26. The van der Waals surface area contributed by atoms with Crippen LogP contribution in [0.1, 0.15) is 23.2 Å². The van der Waals surface area contributed by atoms with Crippen molar-refractivity contribution in [2.24, 2.45) is 5.84 Å². The summed E-state index contributed by atoms with van der Waals surface area (Å²) in [6.45, 7) is 2.08. The van der Waals surface area contributed by atoms with Gasteiger partial charge in [0.2, 0.25) is 0 Å². The molecule has 17 heavy (non-hydrogen) atoms. The molecule has 0 saturated heterocycles. The van der Waals surface area contributed by atoms with Gasteiger partial charge in [-0.15, -0.1) is 11.3 Å². The first-order chi connectivity index (χ1) is 8.29. The Morgan fingerprint density at radius 3 is 2.94 bits per heavy atom. The van der Waals surface area contributed by atoms with Gasteiger partial charge in [-0.05, 0) is 43.2 Å². The lowest BCUT2D eigenvalue weighted by molar-refractivity contribution is 0.900. The van der Waals surface area contributed by atoms with E-state index in [1.54, 1.807) is 11.3 Å². The van der Waals surface area contributed by atoms with Crippen molar-refractivity contribution in [3.8, 4) is 10.7 Å². The molecule has 0 fully saturated rings. The van der Waals surface area contributed by atoms with Gasteiger partial charge < -0.3 is 5.43 Å². The second-order valence-corrected chi connectivity index (χ2v) is 5.17. The molecule has 88 valence electrons. The molecule has 1 aliphatic carbocycles. The summed E-state index contributed by atoms with van der Waals surface area (Å²) in [5.41, 5.74) is 6.26. The molecule has 4 nitrogen and oxygen atoms in total. The zero-order valence-corrected chi connectivity index (χ0v) is 10.5. The lowest BCUT2D eigenvalue weighted by Gasteiger charge is -2.08. The number of hydrogen-bond acceptors (Lipinski definition) is 5. The van der Waals surface area contributed by atoms with Gasteiger partial charge in [-0.25, -0.2) is 15.8 Å². The van der Waals surface area contributed by atoms with E-state index < -0.39 is 0 Å². The van der Waals surface area contributed by atoms with Crippen molar-refractivity contribution >= 4 is 17.2 Å². The fraction of sp³-hybridized carbons (Fsp3) is 0.333. The molecular weight excluding hydrogens is 232 g/mol. The number of hydrazine groups is 1. The van der Waals surface area contributed by atoms with Gasteiger partial charge in [0.15, 0.2) is 5.82 Å². The zero-order chi connectivity index (χ0) is 11.8. The predicted octanol–water partition coefficient (Wildman–Crippen LogP) is 2.29. The summed E-state index contributed by atoms with van der Waals surface area (Å²) in [5, 5.41) is 2.07. The molecule has 0 aromatic carbocycles. The van der Waals surface area contributed by atoms with Crippen LogP contribution in [-0.2, 0) is 12.8 Å². The van der Waals surface area contributed by atoms with Crippen molar-refractivity contribution in [2.75, 3.05) is 5.43 Å². The summed E-state index contributed by atoms with van der Waals surface area (Å²) in [4.78, 5) is 10.3. The number of hydrogen-bond donors (Lipinski definition) is 2. The normalized spacial score (nSPS) is 13.8. The van der Waals surface area contributed by atoms with Crippen molar-refractivity contribution in [3.63, 3.8) is 0 Å². The largest absolute Gasteiger partial charge is 0.308 e. The maximum Gasteiger partial charge on any atom is 0.172 e. The number of anilines is 1. The smallest absolute Gasteiger partial charge is 0.172 e. The first-order valence-corrected chi connectivity index (χ1v) is 6.58. The highest BCUT2D eigenvalue weighted by atomic mass is 32.1. The van der Waals surface area contributed by atoms with Crippen LogP contribution in [-0.4, -0.2) is 9.97 Å². The van der Waals surface area contributed by atoms with Gasteiger partial charge in [0.25, 0.3) is 0 Å². The Balaban J connectivity index is 2.16. The first kappa shape index (κ1) is 10.7. The molecule has 0 unspecified atom stereocenters. The van der Waals surface area contributed by atoms with Crippen LogP contribution in [0.5, 0.6) is 0 Å². The third kappa shape index (κ3) is 1.71. The number of rotatable bonds is 2. The Kier molecular flexibility index (Phi) is 2.57. The highest BCUT2D eigenvalue weighted by molar-refractivity contribution is 7.13. The molecule has 3 rings (SSSR count). The summed E-state index contributed by atoms with van der Waals surface area (Å²) >= 11 is 1.67. The van der Waals surface area contributed by atoms with E-state index in [0.717, 1.165) is 41.5 Å². The van der Waals surface area contributed by atoms with Crippen LogP contribution in [0.2, 0.25) is 0 Å². The standard InChI is InChI=1S/C12H14N4S/c1-7-5-6-17-10(7)12-14-9-4-2-3-8(9)11(15-12)16-13/h5-6H,2-4,13H2,1H3,(H,14,15,16). The van der Waals surface area contributed by atoms with Crippen LogP contribution < -0.4 is 11.3 Å². The molecule has 0 amide bonds. The summed E-state index contributed by atoms with van der Waals surface area (Å²) in [6.07, 6.45) is 3.20. The van der Waals surface area contributed by atoms with Gasteiger partial charge in [-0.3, -0.25) is 0 Å². The van der Waals surface area contributed by atoms with Gasteiger partial charge in [-0.1, -0.05) is 0 Å². The Bertz CT molecular complexity index is 562. The number of fused-ring (bicyclic) bond motifs is 1. The highest BCUT2D eigenvalue weighted by Crippen LogP contribution is 2.31. The van der Waals surface area contributed by atoms with Crippen LogP contribution in [0.3, 0.4) is 0 Å². The lowest BCUT2D eigenvalue weighted by Crippen LogP contribution is -2.12. The van der Waals surface area contributed by atoms with Crippen molar-refractivity contribution in [1.29, 1.82) is 0 Å². The van der Waals surface area contributed by atoms with Crippen molar-refractivity contribution in [1.82, 2.24) is 9.97 Å². The average molecular weight is 246 g/mol. The minimum Gasteiger partial charge on any atom is -0.308 e. The van der Waals surface area contributed by atoms with Crippen molar-refractivity contribution in [2.45, 2.75) is 26.2 Å². The van der Waals surface area contributed by atoms with Crippen LogP contribution in [0, 0.1) is 6.92 Å². The second kappa shape index (κ2) is 4.09. The van der Waals surface area contributed by atoms with E-state index >= 15 is 0 Å². The number of nitrogen functional groups attached to an aromatic ring is 1. The molecule has 0 saturated carbocycles. The van der Waals surface area contributed by atoms with E-state index in [2.05, 4.69) is 33.8 Å². The molecule has 5 heteroatoms. The summed E-state index contributed by atoms with van der Waals surface area (Å²) in [6, 6.07) is 2.09. The SMILES string of the molecule is Cc1ccsc1-c1nc2c(c(NN)n1)CCC2. The molecule has 0 spiro atoms. The number of thiophene rings is 1. The van der Waals surface area contributed by atoms with Gasteiger partial charge >= 0.3 is 0 Å². The highest BCUT2D eigenvalue weighted by Gasteiger charge is 2.20. The molecule has 0 bridgehead atoms. The van der Waals surface area contributed by atoms with Gasteiger partial charge in [-0.2, -0.15) is 0 Å². The monoisotopic (exact) mass is 246 g/mol. The molecule has 2 heterocycles. The van der Waals surface area contributed by atoms with Gasteiger partial charge in [0.05, 0.1) is 4.88 Å². The van der Waals surface area contributed by atoms with Crippen LogP contribution in [0.4, 0.5) is 5.82 Å². The molecule has 0 atom stereocenters. The minimum absolute atomic E-state index is 0.787. The predicted molar refractivity (Wildman–Crippen MR) is 69.9 cm³/mol. The molecular formula is C12H14N4S. The number of nitrogens with two attached hydrogens (primary N) is 1. The third-order valence-electron chi connectivity index (χ3n) is 3.14. The fourth-order valence-corrected chi connectivity index (χ4v) is 3.11. The van der Waals surface area contributed by atoms with Gasteiger partial charge in [0.1, 0.15) is 5.82 Å². The molecule has 0 radical (unpaired) electrons. The number of aryl methyl sites for hydroxylation is 2. The van der Waals surface area contributed by atoms with Crippen molar-refractivity contribution < 1.29 is 0 Å². The van der Waals surface area contributed by atoms with E-state index in [9.17, 15) is 0 Å². The Labute approximate surface area is 104 Å². The zero-order valence-electron chi connectivity index (χ0n) is 9.66. The number of nitrogens with zero attached hydrogens (tertiary/aromatic N) is 2. The number of aromatic nitrogens is 2. The summed E-state index contributed by atoms with van der Waals surface area (Å²) < 4.78 is 0. The molecule has 3 N–H and O–H groups in total. The summed E-state index contributed by atoms with van der Waals surface area (Å²) in [5.74, 6) is 7.13. The van der Waals surface area contributed by atoms with E-state index in [4.69, 9.17) is 5.84 Å². The topological polar surface area (TPSA) is 63.8 Å². The van der Waals surface area contributed by atoms with E-state index in [0.29, 0.717) is 0 Å². The summed E-state index contributed by atoms with van der Waals surface area (Å²) in [7, 11) is 0. The Morgan fingerprint density at radius 2 is 2.24 bits per heavy atom. The molecule has 0 aliphatic heterocycles. The maximum atomic E-state index is 5.55. The second-order valence-electron chi connectivity index (χ2n) is 4.25. The van der Waals surface area contributed by atoms with Crippen LogP contribution in [0.15, 0.2) is 11.4 Å². The molecule has 2 aromatic heterocycles. The first-order valence-electron chi connectivity index (χ1n) is 5.70. The van der Waals surface area contributed by atoms with E-state index in [1.807, 2.05) is 0 Å². The molecule has 1 aliphatic rings. The Hall–Kier alpha value is -1.46. The average Bonchev–Trinajstić information content (AvgIpc) is 2.95. The van der Waals surface area contributed by atoms with Crippen molar-refractivity contribution in [3.05, 3.63) is 28.3 Å². The molecule has 2 aromatic rings. The van der Waals surface area contributed by atoms with Gasteiger partial charge in [0, 0.05) is 11.3 Å².